The first kappa shape index (κ1) is 10.9. The van der Waals surface area contributed by atoms with Crippen LogP contribution in [0.3, 0.4) is 0 Å². The van der Waals surface area contributed by atoms with Gasteiger partial charge in [0.05, 0.1) is 5.56 Å². The maximum atomic E-state index is 11.1. The number of fused-ring (bicyclic) bond motifs is 2. The van der Waals surface area contributed by atoms with Crippen molar-refractivity contribution in [1.82, 2.24) is 4.57 Å². The lowest BCUT2D eigenvalue weighted by atomic mass is 9.95. The summed E-state index contributed by atoms with van der Waals surface area (Å²) in [4.78, 5) is 11.1. The molecular formula is C14H19NO2. The summed E-state index contributed by atoms with van der Waals surface area (Å²) in [6.07, 6.45) is 5.31. The normalized spacial score (nSPS) is 31.1. The molecule has 2 aliphatic rings. The third-order valence-corrected chi connectivity index (χ3v) is 4.75. The zero-order valence-electron chi connectivity index (χ0n) is 10.4. The predicted molar refractivity (Wildman–Crippen MR) is 65.4 cm³/mol. The Morgan fingerprint density at radius 1 is 1.35 bits per heavy atom. The van der Waals surface area contributed by atoms with Gasteiger partial charge in [0.2, 0.25) is 0 Å². The van der Waals surface area contributed by atoms with E-state index in [2.05, 4.69) is 4.57 Å². The Balaban J connectivity index is 2.01. The number of carboxylic acids is 1. The SMILES string of the molecule is Cc1cc(C(=O)O)c(C)n1C1CC2CCC1C2. The molecule has 92 valence electrons. The Morgan fingerprint density at radius 3 is 2.59 bits per heavy atom. The van der Waals surface area contributed by atoms with E-state index < -0.39 is 5.97 Å². The molecule has 2 bridgehead atoms. The third-order valence-electron chi connectivity index (χ3n) is 4.75. The molecule has 0 aliphatic heterocycles. The van der Waals surface area contributed by atoms with Crippen molar-refractivity contribution in [2.24, 2.45) is 11.8 Å². The summed E-state index contributed by atoms with van der Waals surface area (Å²) in [6.45, 7) is 3.98. The molecule has 0 saturated heterocycles. The largest absolute Gasteiger partial charge is 0.478 e. The van der Waals surface area contributed by atoms with Crippen molar-refractivity contribution < 1.29 is 9.90 Å². The van der Waals surface area contributed by atoms with Gasteiger partial charge in [-0.25, -0.2) is 4.79 Å². The molecule has 2 fully saturated rings. The molecule has 17 heavy (non-hydrogen) atoms. The summed E-state index contributed by atoms with van der Waals surface area (Å²) in [5.74, 6) is 0.874. The number of carbonyl (C=O) groups is 1. The zero-order valence-corrected chi connectivity index (χ0v) is 10.4. The number of aromatic carboxylic acids is 1. The van der Waals surface area contributed by atoms with Crippen LogP contribution in [0.25, 0.3) is 0 Å². The fraction of sp³-hybridized carbons (Fsp3) is 0.643. The maximum absolute atomic E-state index is 11.1. The van der Waals surface area contributed by atoms with Gasteiger partial charge in [-0.3, -0.25) is 0 Å². The van der Waals surface area contributed by atoms with Crippen molar-refractivity contribution >= 4 is 5.97 Å². The van der Waals surface area contributed by atoms with Crippen LogP contribution in [0, 0.1) is 25.7 Å². The van der Waals surface area contributed by atoms with Crippen LogP contribution in [-0.4, -0.2) is 15.6 Å². The van der Waals surface area contributed by atoms with Crippen molar-refractivity contribution in [3.05, 3.63) is 23.0 Å². The molecule has 1 heterocycles. The highest BCUT2D eigenvalue weighted by atomic mass is 16.4. The number of carboxylic acid groups (broad SMARTS) is 1. The molecule has 1 N–H and O–H groups in total. The first-order chi connectivity index (χ1) is 8.08. The second-order valence-electron chi connectivity index (χ2n) is 5.70. The number of aromatic nitrogens is 1. The fourth-order valence-corrected chi connectivity index (χ4v) is 4.03. The average Bonchev–Trinajstić information content (AvgIpc) is 2.92. The van der Waals surface area contributed by atoms with Crippen LogP contribution in [0.1, 0.15) is 53.5 Å². The van der Waals surface area contributed by atoms with Crippen molar-refractivity contribution in [3.8, 4) is 0 Å². The lowest BCUT2D eigenvalue weighted by Gasteiger charge is -2.26. The zero-order chi connectivity index (χ0) is 12.2. The fourth-order valence-electron chi connectivity index (χ4n) is 4.03. The summed E-state index contributed by atoms with van der Waals surface area (Å²) in [5, 5.41) is 9.16. The van der Waals surface area contributed by atoms with Gasteiger partial charge in [0.1, 0.15) is 0 Å². The van der Waals surface area contributed by atoms with E-state index in [1.54, 1.807) is 0 Å². The lowest BCUT2D eigenvalue weighted by Crippen LogP contribution is -2.18. The van der Waals surface area contributed by atoms with Crippen LogP contribution in [0.15, 0.2) is 6.07 Å². The molecule has 3 unspecified atom stereocenters. The lowest BCUT2D eigenvalue weighted by molar-refractivity contribution is 0.0695. The van der Waals surface area contributed by atoms with Gasteiger partial charge in [-0.05, 0) is 51.0 Å². The second kappa shape index (κ2) is 3.62. The van der Waals surface area contributed by atoms with Gasteiger partial charge in [0, 0.05) is 17.4 Å². The highest BCUT2D eigenvalue weighted by Gasteiger charge is 2.41. The standard InChI is InChI=1S/C14H19NO2/c1-8-5-12(14(16)17)9(2)15(8)13-7-10-3-4-11(13)6-10/h5,10-11,13H,3-4,6-7H2,1-2H3,(H,16,17). The van der Waals surface area contributed by atoms with E-state index >= 15 is 0 Å². The Hall–Kier alpha value is -1.25. The summed E-state index contributed by atoms with van der Waals surface area (Å²) in [7, 11) is 0. The van der Waals surface area contributed by atoms with Gasteiger partial charge in [-0.15, -0.1) is 0 Å². The Labute approximate surface area is 101 Å². The molecule has 0 spiro atoms. The summed E-state index contributed by atoms with van der Waals surface area (Å²) in [6, 6.07) is 2.38. The number of hydrogen-bond donors (Lipinski definition) is 1. The monoisotopic (exact) mass is 233 g/mol. The van der Waals surface area contributed by atoms with E-state index in [4.69, 9.17) is 5.11 Å². The Kier molecular flexibility index (Phi) is 2.32. The van der Waals surface area contributed by atoms with E-state index in [9.17, 15) is 4.79 Å². The minimum Gasteiger partial charge on any atom is -0.478 e. The van der Waals surface area contributed by atoms with Crippen molar-refractivity contribution in [2.75, 3.05) is 0 Å². The number of rotatable bonds is 2. The van der Waals surface area contributed by atoms with Crippen LogP contribution in [0.5, 0.6) is 0 Å². The molecule has 2 saturated carbocycles. The second-order valence-corrected chi connectivity index (χ2v) is 5.70. The van der Waals surface area contributed by atoms with E-state index in [0.717, 1.165) is 23.2 Å². The van der Waals surface area contributed by atoms with Crippen molar-refractivity contribution in [2.45, 2.75) is 45.6 Å². The van der Waals surface area contributed by atoms with Gasteiger partial charge >= 0.3 is 5.97 Å². The molecule has 3 rings (SSSR count). The molecular weight excluding hydrogens is 214 g/mol. The van der Waals surface area contributed by atoms with Crippen LogP contribution in [0.2, 0.25) is 0 Å². The molecule has 2 aliphatic carbocycles. The van der Waals surface area contributed by atoms with Crippen molar-refractivity contribution in [3.63, 3.8) is 0 Å². The van der Waals surface area contributed by atoms with Gasteiger partial charge < -0.3 is 9.67 Å². The minimum atomic E-state index is -0.799. The Morgan fingerprint density at radius 2 is 2.12 bits per heavy atom. The summed E-state index contributed by atoms with van der Waals surface area (Å²) in [5.41, 5.74) is 2.52. The molecule has 0 radical (unpaired) electrons. The van der Waals surface area contributed by atoms with Gasteiger partial charge in [0.15, 0.2) is 0 Å². The minimum absolute atomic E-state index is 0.477. The van der Waals surface area contributed by atoms with Crippen LogP contribution < -0.4 is 0 Å². The molecule has 3 heteroatoms. The van der Waals surface area contributed by atoms with Crippen LogP contribution >= 0.6 is 0 Å². The first-order valence-electron chi connectivity index (χ1n) is 6.49. The first-order valence-corrected chi connectivity index (χ1v) is 6.49. The molecule has 1 aromatic heterocycles. The van der Waals surface area contributed by atoms with Crippen molar-refractivity contribution in [1.29, 1.82) is 0 Å². The van der Waals surface area contributed by atoms with E-state index in [0.29, 0.717) is 11.6 Å². The van der Waals surface area contributed by atoms with Gasteiger partial charge in [-0.2, -0.15) is 0 Å². The number of aryl methyl sites for hydroxylation is 1. The smallest absolute Gasteiger partial charge is 0.337 e. The molecule has 0 aromatic carbocycles. The van der Waals surface area contributed by atoms with Gasteiger partial charge in [-0.1, -0.05) is 6.42 Å². The quantitative estimate of drug-likeness (QED) is 0.852. The van der Waals surface area contributed by atoms with Gasteiger partial charge in [0.25, 0.3) is 0 Å². The molecule has 3 atom stereocenters. The third kappa shape index (κ3) is 1.52. The highest BCUT2D eigenvalue weighted by Crippen LogP contribution is 2.51. The van der Waals surface area contributed by atoms with Crippen LogP contribution in [0.4, 0.5) is 0 Å². The topological polar surface area (TPSA) is 42.2 Å². The average molecular weight is 233 g/mol. The maximum Gasteiger partial charge on any atom is 0.337 e. The highest BCUT2D eigenvalue weighted by molar-refractivity contribution is 5.89. The number of nitrogens with zero attached hydrogens (tertiary/aromatic N) is 1. The van der Waals surface area contributed by atoms with E-state index in [-0.39, 0.29) is 0 Å². The number of hydrogen-bond acceptors (Lipinski definition) is 1. The van der Waals surface area contributed by atoms with Crippen LogP contribution in [-0.2, 0) is 0 Å². The predicted octanol–water partition coefficient (Wildman–Crippen LogP) is 3.16. The van der Waals surface area contributed by atoms with E-state index in [1.165, 1.54) is 25.7 Å². The van der Waals surface area contributed by atoms with E-state index in [1.807, 2.05) is 19.9 Å². The Bertz CT molecular complexity index is 475. The summed E-state index contributed by atoms with van der Waals surface area (Å²) < 4.78 is 2.28. The summed E-state index contributed by atoms with van der Waals surface area (Å²) >= 11 is 0. The molecule has 0 amide bonds. The molecule has 3 nitrogen and oxygen atoms in total. The molecule has 1 aromatic rings.